The fourth-order valence-corrected chi connectivity index (χ4v) is 2.83. The molecule has 1 unspecified atom stereocenters. The lowest BCUT2D eigenvalue weighted by molar-refractivity contribution is -0.115. The van der Waals surface area contributed by atoms with Crippen molar-refractivity contribution in [1.29, 1.82) is 0 Å². The van der Waals surface area contributed by atoms with E-state index >= 15 is 0 Å². The zero-order valence-corrected chi connectivity index (χ0v) is 13.1. The van der Waals surface area contributed by atoms with Crippen molar-refractivity contribution in [3.63, 3.8) is 0 Å². The van der Waals surface area contributed by atoms with Crippen LogP contribution in [-0.4, -0.2) is 11.2 Å². The van der Waals surface area contributed by atoms with E-state index in [4.69, 9.17) is 23.2 Å². The predicted molar refractivity (Wildman–Crippen MR) is 86.9 cm³/mol. The number of halogens is 2. The third kappa shape index (κ3) is 3.92. The van der Waals surface area contributed by atoms with Crippen molar-refractivity contribution in [2.24, 2.45) is 0 Å². The van der Waals surface area contributed by atoms with Gasteiger partial charge in [0.2, 0.25) is 5.91 Å². The van der Waals surface area contributed by atoms with Crippen LogP contribution >= 0.6 is 35.0 Å². The summed E-state index contributed by atoms with van der Waals surface area (Å²) in [5, 5.41) is 3.35. The standard InChI is InChI=1S/C15H13Cl2NOS/c1-10(20-11-6-3-2-4-7-11)15(19)18-13-9-5-8-12(16)14(13)17/h2-10H,1H3,(H,18,19). The van der Waals surface area contributed by atoms with Gasteiger partial charge in [-0.25, -0.2) is 0 Å². The van der Waals surface area contributed by atoms with E-state index in [0.29, 0.717) is 15.7 Å². The van der Waals surface area contributed by atoms with E-state index in [9.17, 15) is 4.79 Å². The maximum absolute atomic E-state index is 12.1. The Kier molecular flexibility index (Phi) is 5.35. The molecule has 2 aromatic rings. The topological polar surface area (TPSA) is 29.1 Å². The van der Waals surface area contributed by atoms with Gasteiger partial charge in [-0.2, -0.15) is 0 Å². The summed E-state index contributed by atoms with van der Waals surface area (Å²) in [6, 6.07) is 14.9. The average Bonchev–Trinajstić information content (AvgIpc) is 2.45. The van der Waals surface area contributed by atoms with Crippen LogP contribution in [0.2, 0.25) is 10.0 Å². The number of hydrogen-bond acceptors (Lipinski definition) is 2. The van der Waals surface area contributed by atoms with Gasteiger partial charge in [-0.05, 0) is 31.2 Å². The third-order valence-corrected chi connectivity index (χ3v) is 4.57. The van der Waals surface area contributed by atoms with Gasteiger partial charge in [-0.15, -0.1) is 11.8 Å². The largest absolute Gasteiger partial charge is 0.324 e. The molecule has 104 valence electrons. The van der Waals surface area contributed by atoms with Crippen molar-refractivity contribution in [3.05, 3.63) is 58.6 Å². The molecule has 2 rings (SSSR count). The lowest BCUT2D eigenvalue weighted by atomic mass is 10.3. The van der Waals surface area contributed by atoms with Gasteiger partial charge in [0.05, 0.1) is 21.0 Å². The Bertz CT molecular complexity index is 604. The van der Waals surface area contributed by atoms with Crippen LogP contribution in [0.5, 0.6) is 0 Å². The molecule has 2 aromatic carbocycles. The van der Waals surface area contributed by atoms with Gasteiger partial charge in [0.25, 0.3) is 0 Å². The summed E-state index contributed by atoms with van der Waals surface area (Å²) in [6.45, 7) is 1.85. The number of benzene rings is 2. The van der Waals surface area contributed by atoms with Crippen LogP contribution in [0.4, 0.5) is 5.69 Å². The molecule has 0 aromatic heterocycles. The molecule has 0 heterocycles. The van der Waals surface area contributed by atoms with E-state index in [1.54, 1.807) is 18.2 Å². The molecule has 0 fully saturated rings. The summed E-state index contributed by atoms with van der Waals surface area (Å²) in [5.41, 5.74) is 0.532. The summed E-state index contributed by atoms with van der Waals surface area (Å²) in [6.07, 6.45) is 0. The highest BCUT2D eigenvalue weighted by Crippen LogP contribution is 2.30. The average molecular weight is 326 g/mol. The first-order valence-corrected chi connectivity index (χ1v) is 7.68. The quantitative estimate of drug-likeness (QED) is 0.791. The van der Waals surface area contributed by atoms with Gasteiger partial charge >= 0.3 is 0 Å². The molecule has 0 saturated carbocycles. The van der Waals surface area contributed by atoms with E-state index in [0.717, 1.165) is 4.90 Å². The molecule has 2 nitrogen and oxygen atoms in total. The number of thioether (sulfide) groups is 1. The summed E-state index contributed by atoms with van der Waals surface area (Å²) in [4.78, 5) is 13.2. The Labute approximate surface area is 132 Å². The smallest absolute Gasteiger partial charge is 0.237 e. The molecule has 1 atom stereocenters. The van der Waals surface area contributed by atoms with Crippen LogP contribution in [0.1, 0.15) is 6.92 Å². The number of amides is 1. The lowest BCUT2D eigenvalue weighted by Crippen LogP contribution is -2.22. The zero-order chi connectivity index (χ0) is 14.5. The minimum atomic E-state index is -0.229. The molecule has 5 heteroatoms. The lowest BCUT2D eigenvalue weighted by Gasteiger charge is -2.13. The first-order valence-electron chi connectivity index (χ1n) is 6.04. The molecule has 0 bridgehead atoms. The predicted octanol–water partition coefficient (Wildman–Crippen LogP) is 5.11. The van der Waals surface area contributed by atoms with E-state index in [2.05, 4.69) is 5.32 Å². The van der Waals surface area contributed by atoms with Gasteiger partial charge in [-0.3, -0.25) is 4.79 Å². The van der Waals surface area contributed by atoms with Crippen LogP contribution in [-0.2, 0) is 4.79 Å². The highest BCUT2D eigenvalue weighted by atomic mass is 35.5. The van der Waals surface area contributed by atoms with Crippen molar-refractivity contribution in [3.8, 4) is 0 Å². The highest BCUT2D eigenvalue weighted by Gasteiger charge is 2.16. The van der Waals surface area contributed by atoms with Crippen molar-refractivity contribution >= 4 is 46.6 Å². The highest BCUT2D eigenvalue weighted by molar-refractivity contribution is 8.00. The molecular formula is C15H13Cl2NOS. The molecule has 20 heavy (non-hydrogen) atoms. The Balaban J connectivity index is 2.03. The number of rotatable bonds is 4. The molecule has 0 aliphatic rings. The van der Waals surface area contributed by atoms with Gasteiger partial charge < -0.3 is 5.32 Å². The van der Waals surface area contributed by atoms with E-state index in [1.807, 2.05) is 37.3 Å². The maximum atomic E-state index is 12.1. The van der Waals surface area contributed by atoms with Crippen LogP contribution < -0.4 is 5.32 Å². The number of hydrogen-bond donors (Lipinski definition) is 1. The number of nitrogens with one attached hydrogen (secondary N) is 1. The summed E-state index contributed by atoms with van der Waals surface area (Å²) < 4.78 is 0. The summed E-state index contributed by atoms with van der Waals surface area (Å²) in [5.74, 6) is -0.108. The fraction of sp³-hybridized carbons (Fsp3) is 0.133. The molecule has 0 spiro atoms. The minimum Gasteiger partial charge on any atom is -0.324 e. The van der Waals surface area contributed by atoms with Crippen LogP contribution in [0, 0.1) is 0 Å². The second-order valence-electron chi connectivity index (χ2n) is 4.16. The molecule has 1 N–H and O–H groups in total. The molecule has 1 amide bonds. The van der Waals surface area contributed by atoms with Crippen molar-refractivity contribution in [2.45, 2.75) is 17.1 Å². The van der Waals surface area contributed by atoms with Gasteiger partial charge in [0.1, 0.15) is 0 Å². The number of carbonyl (C=O) groups is 1. The van der Waals surface area contributed by atoms with Crippen molar-refractivity contribution < 1.29 is 4.79 Å². The minimum absolute atomic E-state index is 0.108. The molecule has 0 radical (unpaired) electrons. The number of carbonyl (C=O) groups excluding carboxylic acids is 1. The molecule has 0 aliphatic carbocycles. The van der Waals surface area contributed by atoms with Crippen LogP contribution in [0.15, 0.2) is 53.4 Å². The summed E-state index contributed by atoms with van der Waals surface area (Å²) in [7, 11) is 0. The van der Waals surface area contributed by atoms with Gasteiger partial charge in [0.15, 0.2) is 0 Å². The first-order chi connectivity index (χ1) is 9.58. The van der Waals surface area contributed by atoms with Crippen LogP contribution in [0.25, 0.3) is 0 Å². The summed E-state index contributed by atoms with van der Waals surface area (Å²) >= 11 is 13.5. The van der Waals surface area contributed by atoms with Crippen molar-refractivity contribution in [1.82, 2.24) is 0 Å². The Morgan fingerprint density at radius 3 is 2.50 bits per heavy atom. The SMILES string of the molecule is CC(Sc1ccccc1)C(=O)Nc1cccc(Cl)c1Cl. The van der Waals surface area contributed by atoms with E-state index < -0.39 is 0 Å². The third-order valence-electron chi connectivity index (χ3n) is 2.63. The molecule has 0 aliphatic heterocycles. The molecule has 0 saturated heterocycles. The fourth-order valence-electron chi connectivity index (χ4n) is 1.59. The van der Waals surface area contributed by atoms with E-state index in [-0.39, 0.29) is 11.2 Å². The Morgan fingerprint density at radius 1 is 1.10 bits per heavy atom. The maximum Gasteiger partial charge on any atom is 0.237 e. The second kappa shape index (κ2) is 7.02. The monoisotopic (exact) mass is 325 g/mol. The van der Waals surface area contributed by atoms with Gasteiger partial charge in [0, 0.05) is 4.90 Å². The van der Waals surface area contributed by atoms with E-state index in [1.165, 1.54) is 11.8 Å². The molecular weight excluding hydrogens is 313 g/mol. The zero-order valence-electron chi connectivity index (χ0n) is 10.8. The van der Waals surface area contributed by atoms with Crippen molar-refractivity contribution in [2.75, 3.05) is 5.32 Å². The normalized spacial score (nSPS) is 11.9. The Morgan fingerprint density at radius 2 is 1.80 bits per heavy atom. The Hall–Kier alpha value is -1.16. The van der Waals surface area contributed by atoms with Crippen LogP contribution in [0.3, 0.4) is 0 Å². The number of anilines is 1. The van der Waals surface area contributed by atoms with Gasteiger partial charge in [-0.1, -0.05) is 47.5 Å². The first kappa shape index (κ1) is 15.2. The second-order valence-corrected chi connectivity index (χ2v) is 6.36.